The second kappa shape index (κ2) is 7.66. The van der Waals surface area contributed by atoms with E-state index in [9.17, 15) is 0 Å². The summed E-state index contributed by atoms with van der Waals surface area (Å²) in [7, 11) is 4.23. The summed E-state index contributed by atoms with van der Waals surface area (Å²) in [6.45, 7) is 6.35. The minimum Gasteiger partial charge on any atom is -0.341 e. The topological polar surface area (TPSA) is 6.48 Å². The first-order chi connectivity index (χ1) is 10.5. The summed E-state index contributed by atoms with van der Waals surface area (Å²) < 4.78 is 0. The Hall–Kier alpha value is -1.51. The maximum Gasteiger partial charge on any atom is 0.0455 e. The number of rotatable bonds is 6. The lowest BCUT2D eigenvalue weighted by atomic mass is 10.1. The van der Waals surface area contributed by atoms with E-state index in [0.717, 1.165) is 24.5 Å². The molecule has 0 saturated carbocycles. The van der Waals surface area contributed by atoms with Gasteiger partial charge in [-0.3, -0.25) is 0 Å². The SMILES string of the molecule is Cc1ccccc1N(CCCN(C)C)c1cc(Cl)ccc1C. The Labute approximate surface area is 139 Å². The van der Waals surface area contributed by atoms with Crippen molar-refractivity contribution in [1.82, 2.24) is 4.90 Å². The van der Waals surface area contributed by atoms with Crippen molar-refractivity contribution in [3.05, 3.63) is 58.6 Å². The molecule has 0 saturated heterocycles. The van der Waals surface area contributed by atoms with Crippen molar-refractivity contribution in [3.8, 4) is 0 Å². The van der Waals surface area contributed by atoms with Crippen LogP contribution in [0.4, 0.5) is 11.4 Å². The van der Waals surface area contributed by atoms with Gasteiger partial charge in [-0.25, -0.2) is 0 Å². The zero-order valence-corrected chi connectivity index (χ0v) is 14.7. The molecule has 3 heteroatoms. The molecule has 0 spiro atoms. The Morgan fingerprint density at radius 1 is 0.864 bits per heavy atom. The molecule has 0 atom stereocenters. The van der Waals surface area contributed by atoms with Crippen LogP contribution in [0.3, 0.4) is 0 Å². The number of halogens is 1. The van der Waals surface area contributed by atoms with Gasteiger partial charge < -0.3 is 9.80 Å². The van der Waals surface area contributed by atoms with Crippen LogP contribution in [0.1, 0.15) is 17.5 Å². The normalized spacial score (nSPS) is 11.0. The molecule has 0 radical (unpaired) electrons. The molecule has 0 heterocycles. The molecule has 0 fully saturated rings. The van der Waals surface area contributed by atoms with Crippen LogP contribution in [-0.4, -0.2) is 32.1 Å². The summed E-state index contributed by atoms with van der Waals surface area (Å²) >= 11 is 6.24. The molecule has 0 aliphatic heterocycles. The summed E-state index contributed by atoms with van der Waals surface area (Å²) in [6.07, 6.45) is 1.10. The van der Waals surface area contributed by atoms with E-state index in [1.807, 2.05) is 6.07 Å². The Morgan fingerprint density at radius 3 is 2.23 bits per heavy atom. The largest absolute Gasteiger partial charge is 0.341 e. The van der Waals surface area contributed by atoms with Crippen molar-refractivity contribution in [1.29, 1.82) is 0 Å². The fourth-order valence-electron chi connectivity index (χ4n) is 2.66. The second-order valence-electron chi connectivity index (χ2n) is 6.03. The molecular formula is C19H25ClN2. The Bertz CT molecular complexity index is 623. The fraction of sp³-hybridized carbons (Fsp3) is 0.368. The minimum absolute atomic E-state index is 0.784. The number of hydrogen-bond acceptors (Lipinski definition) is 2. The quantitative estimate of drug-likeness (QED) is 0.736. The van der Waals surface area contributed by atoms with E-state index in [4.69, 9.17) is 11.6 Å². The van der Waals surface area contributed by atoms with Crippen molar-refractivity contribution >= 4 is 23.0 Å². The van der Waals surface area contributed by atoms with Crippen LogP contribution in [0.15, 0.2) is 42.5 Å². The third-order valence-corrected chi connectivity index (χ3v) is 4.09. The molecule has 22 heavy (non-hydrogen) atoms. The monoisotopic (exact) mass is 316 g/mol. The van der Waals surface area contributed by atoms with E-state index in [1.54, 1.807) is 0 Å². The molecule has 0 unspecified atom stereocenters. The molecule has 2 rings (SSSR count). The zero-order chi connectivity index (χ0) is 16.1. The van der Waals surface area contributed by atoms with Crippen LogP contribution in [0, 0.1) is 13.8 Å². The van der Waals surface area contributed by atoms with E-state index in [-0.39, 0.29) is 0 Å². The van der Waals surface area contributed by atoms with Gasteiger partial charge in [-0.05, 0) is 70.2 Å². The predicted octanol–water partition coefficient (Wildman–Crippen LogP) is 5.05. The Balaban J connectivity index is 2.37. The van der Waals surface area contributed by atoms with Gasteiger partial charge in [0.05, 0.1) is 0 Å². The lowest BCUT2D eigenvalue weighted by Crippen LogP contribution is -2.24. The number of nitrogens with zero attached hydrogens (tertiary/aromatic N) is 2. The summed E-state index contributed by atoms with van der Waals surface area (Å²) in [5.41, 5.74) is 4.98. The zero-order valence-electron chi connectivity index (χ0n) is 13.9. The predicted molar refractivity (Wildman–Crippen MR) is 97.5 cm³/mol. The highest BCUT2D eigenvalue weighted by Crippen LogP contribution is 2.32. The van der Waals surface area contributed by atoms with Gasteiger partial charge in [0, 0.05) is 22.9 Å². The number of benzene rings is 2. The van der Waals surface area contributed by atoms with Crippen LogP contribution in [0.2, 0.25) is 5.02 Å². The first-order valence-electron chi connectivity index (χ1n) is 7.73. The van der Waals surface area contributed by atoms with Crippen LogP contribution in [0.25, 0.3) is 0 Å². The lowest BCUT2D eigenvalue weighted by molar-refractivity contribution is 0.402. The Kier molecular flexibility index (Phi) is 5.87. The standard InChI is InChI=1S/C19H25ClN2/c1-15-8-5-6-9-18(15)22(13-7-12-21(3)4)19-14-17(20)11-10-16(19)2/h5-6,8-11,14H,7,12-13H2,1-4H3. The van der Waals surface area contributed by atoms with Crippen LogP contribution in [0.5, 0.6) is 0 Å². The molecule has 0 amide bonds. The van der Waals surface area contributed by atoms with Crippen molar-refractivity contribution in [3.63, 3.8) is 0 Å². The number of para-hydroxylation sites is 1. The molecule has 2 nitrogen and oxygen atoms in total. The van der Waals surface area contributed by atoms with E-state index in [1.165, 1.54) is 22.5 Å². The van der Waals surface area contributed by atoms with E-state index in [0.29, 0.717) is 0 Å². The first kappa shape index (κ1) is 16.9. The molecule has 0 aromatic heterocycles. The average Bonchev–Trinajstić information content (AvgIpc) is 2.47. The van der Waals surface area contributed by atoms with Gasteiger partial charge in [0.2, 0.25) is 0 Å². The van der Waals surface area contributed by atoms with Crippen LogP contribution >= 0.6 is 11.6 Å². The smallest absolute Gasteiger partial charge is 0.0455 e. The molecule has 118 valence electrons. The van der Waals surface area contributed by atoms with Gasteiger partial charge in [-0.1, -0.05) is 35.9 Å². The van der Waals surface area contributed by atoms with Crippen LogP contribution in [-0.2, 0) is 0 Å². The molecular weight excluding hydrogens is 292 g/mol. The highest BCUT2D eigenvalue weighted by atomic mass is 35.5. The fourth-order valence-corrected chi connectivity index (χ4v) is 2.82. The van der Waals surface area contributed by atoms with Gasteiger partial charge in [0.25, 0.3) is 0 Å². The number of aryl methyl sites for hydroxylation is 2. The van der Waals surface area contributed by atoms with Crippen molar-refractivity contribution in [2.24, 2.45) is 0 Å². The first-order valence-corrected chi connectivity index (χ1v) is 8.11. The molecule has 0 bridgehead atoms. The third kappa shape index (κ3) is 4.25. The summed E-state index contributed by atoms with van der Waals surface area (Å²) in [5, 5.41) is 0.784. The minimum atomic E-state index is 0.784. The average molecular weight is 317 g/mol. The van der Waals surface area contributed by atoms with Crippen molar-refractivity contribution in [2.75, 3.05) is 32.1 Å². The van der Waals surface area contributed by atoms with Gasteiger partial charge >= 0.3 is 0 Å². The van der Waals surface area contributed by atoms with Gasteiger partial charge in [-0.15, -0.1) is 0 Å². The maximum atomic E-state index is 6.24. The van der Waals surface area contributed by atoms with Gasteiger partial charge in [0.1, 0.15) is 0 Å². The summed E-state index contributed by atoms with van der Waals surface area (Å²) in [5.74, 6) is 0. The van der Waals surface area contributed by atoms with E-state index < -0.39 is 0 Å². The lowest BCUT2D eigenvalue weighted by Gasteiger charge is -2.29. The van der Waals surface area contributed by atoms with Gasteiger partial charge in [-0.2, -0.15) is 0 Å². The summed E-state index contributed by atoms with van der Waals surface area (Å²) in [4.78, 5) is 4.61. The van der Waals surface area contributed by atoms with Crippen molar-refractivity contribution < 1.29 is 0 Å². The molecule has 2 aromatic carbocycles. The summed E-state index contributed by atoms with van der Waals surface area (Å²) in [6, 6.07) is 14.6. The van der Waals surface area contributed by atoms with Crippen molar-refractivity contribution in [2.45, 2.75) is 20.3 Å². The van der Waals surface area contributed by atoms with E-state index in [2.05, 4.69) is 74.1 Å². The third-order valence-electron chi connectivity index (χ3n) is 3.86. The number of anilines is 2. The Morgan fingerprint density at radius 2 is 1.55 bits per heavy atom. The van der Waals surface area contributed by atoms with E-state index >= 15 is 0 Å². The highest BCUT2D eigenvalue weighted by Gasteiger charge is 2.14. The maximum absolute atomic E-state index is 6.24. The number of hydrogen-bond donors (Lipinski definition) is 0. The van der Waals surface area contributed by atoms with Gasteiger partial charge in [0.15, 0.2) is 0 Å². The van der Waals surface area contributed by atoms with Crippen LogP contribution < -0.4 is 4.90 Å². The highest BCUT2D eigenvalue weighted by molar-refractivity contribution is 6.30. The second-order valence-corrected chi connectivity index (χ2v) is 6.46. The molecule has 2 aromatic rings. The molecule has 0 aliphatic carbocycles. The molecule has 0 N–H and O–H groups in total. The molecule has 0 aliphatic rings.